The number of hydrogen-bond donors (Lipinski definition) is 1. The van der Waals surface area contributed by atoms with Gasteiger partial charge < -0.3 is 10.5 Å². The van der Waals surface area contributed by atoms with Gasteiger partial charge in [-0.15, -0.1) is 0 Å². The normalized spacial score (nSPS) is 33.5. The molecule has 0 aromatic carbocycles. The maximum absolute atomic E-state index is 5.93. The molecule has 2 aliphatic rings. The third kappa shape index (κ3) is 1.88. The van der Waals surface area contributed by atoms with Gasteiger partial charge in [-0.3, -0.25) is 0 Å². The minimum atomic E-state index is 0.335. The van der Waals surface area contributed by atoms with E-state index in [4.69, 9.17) is 10.5 Å². The summed E-state index contributed by atoms with van der Waals surface area (Å²) in [5.41, 5.74) is 6.26. The van der Waals surface area contributed by atoms with Gasteiger partial charge in [-0.2, -0.15) is 11.8 Å². The van der Waals surface area contributed by atoms with Crippen molar-refractivity contribution < 1.29 is 4.74 Å². The molecule has 0 bridgehead atoms. The Kier molecular flexibility index (Phi) is 3.17. The summed E-state index contributed by atoms with van der Waals surface area (Å²) >= 11 is 2.06. The van der Waals surface area contributed by atoms with E-state index in [9.17, 15) is 0 Å². The molecule has 1 atom stereocenters. The van der Waals surface area contributed by atoms with Gasteiger partial charge >= 0.3 is 0 Å². The first kappa shape index (κ1) is 9.81. The molecule has 0 aliphatic carbocycles. The van der Waals surface area contributed by atoms with Crippen LogP contribution in [0.5, 0.6) is 0 Å². The van der Waals surface area contributed by atoms with E-state index in [-0.39, 0.29) is 0 Å². The molecule has 2 saturated heterocycles. The van der Waals surface area contributed by atoms with Crippen LogP contribution in [-0.2, 0) is 4.74 Å². The Hall–Kier alpha value is 0.270. The van der Waals surface area contributed by atoms with Crippen LogP contribution in [0.2, 0.25) is 0 Å². The fraction of sp³-hybridized carbons (Fsp3) is 1.00. The average Bonchev–Trinajstić information content (AvgIpc) is 2.72. The topological polar surface area (TPSA) is 35.2 Å². The van der Waals surface area contributed by atoms with Crippen molar-refractivity contribution >= 4 is 11.8 Å². The van der Waals surface area contributed by atoms with Crippen LogP contribution in [0.15, 0.2) is 0 Å². The highest BCUT2D eigenvalue weighted by molar-refractivity contribution is 7.99. The van der Waals surface area contributed by atoms with E-state index in [1.165, 1.54) is 37.2 Å². The molecule has 2 heterocycles. The number of ether oxygens (including phenoxy) is 1. The smallest absolute Gasteiger partial charge is 0.0644 e. The Balaban J connectivity index is 2.03. The highest BCUT2D eigenvalue weighted by Crippen LogP contribution is 2.41. The maximum Gasteiger partial charge on any atom is 0.0644 e. The SMILES string of the molecule is NCC1(C2CCCO2)CCSCC1. The van der Waals surface area contributed by atoms with Gasteiger partial charge in [0.25, 0.3) is 0 Å². The van der Waals surface area contributed by atoms with Crippen LogP contribution in [-0.4, -0.2) is 30.8 Å². The van der Waals surface area contributed by atoms with Crippen molar-refractivity contribution in [3.05, 3.63) is 0 Å². The highest BCUT2D eigenvalue weighted by Gasteiger charge is 2.40. The molecule has 0 amide bonds. The van der Waals surface area contributed by atoms with Crippen molar-refractivity contribution in [3.63, 3.8) is 0 Å². The molecule has 0 aromatic heterocycles. The van der Waals surface area contributed by atoms with Gasteiger partial charge in [0.1, 0.15) is 0 Å². The van der Waals surface area contributed by atoms with E-state index in [0.717, 1.165) is 13.2 Å². The Morgan fingerprint density at radius 2 is 2.15 bits per heavy atom. The molecule has 0 radical (unpaired) electrons. The van der Waals surface area contributed by atoms with Crippen molar-refractivity contribution in [1.82, 2.24) is 0 Å². The van der Waals surface area contributed by atoms with E-state index < -0.39 is 0 Å². The summed E-state index contributed by atoms with van der Waals surface area (Å²) in [7, 11) is 0. The summed E-state index contributed by atoms with van der Waals surface area (Å²) in [4.78, 5) is 0. The molecule has 1 unspecified atom stereocenters. The van der Waals surface area contributed by atoms with Gasteiger partial charge in [-0.05, 0) is 37.2 Å². The first-order valence-electron chi connectivity index (χ1n) is 5.27. The van der Waals surface area contributed by atoms with Crippen LogP contribution in [0.4, 0.5) is 0 Å². The average molecular weight is 201 g/mol. The summed E-state index contributed by atoms with van der Waals surface area (Å²) < 4.78 is 5.80. The second kappa shape index (κ2) is 4.20. The van der Waals surface area contributed by atoms with E-state index in [1.807, 2.05) is 0 Å². The van der Waals surface area contributed by atoms with Crippen molar-refractivity contribution in [2.75, 3.05) is 24.7 Å². The lowest BCUT2D eigenvalue weighted by molar-refractivity contribution is -0.00189. The molecule has 2 N–H and O–H groups in total. The van der Waals surface area contributed by atoms with Gasteiger partial charge in [0.05, 0.1) is 6.10 Å². The van der Waals surface area contributed by atoms with E-state index in [2.05, 4.69) is 11.8 Å². The van der Waals surface area contributed by atoms with Crippen molar-refractivity contribution in [1.29, 1.82) is 0 Å². The van der Waals surface area contributed by atoms with Crippen LogP contribution in [0.25, 0.3) is 0 Å². The molecular formula is C10H19NOS. The quantitative estimate of drug-likeness (QED) is 0.737. The number of rotatable bonds is 2. The standard InChI is InChI=1S/C10H19NOS/c11-8-10(3-6-13-7-4-10)9-2-1-5-12-9/h9H,1-8,11H2. The second-order valence-electron chi connectivity index (χ2n) is 4.18. The van der Waals surface area contributed by atoms with E-state index in [0.29, 0.717) is 11.5 Å². The zero-order valence-electron chi connectivity index (χ0n) is 8.13. The second-order valence-corrected chi connectivity index (χ2v) is 5.41. The molecule has 0 spiro atoms. The summed E-state index contributed by atoms with van der Waals surface area (Å²) in [6.07, 6.45) is 5.47. The first-order chi connectivity index (χ1) is 6.37. The first-order valence-corrected chi connectivity index (χ1v) is 6.42. The van der Waals surface area contributed by atoms with Crippen LogP contribution >= 0.6 is 11.8 Å². The Morgan fingerprint density at radius 3 is 2.69 bits per heavy atom. The largest absolute Gasteiger partial charge is 0.378 e. The fourth-order valence-electron chi connectivity index (χ4n) is 2.50. The molecule has 13 heavy (non-hydrogen) atoms. The molecule has 2 fully saturated rings. The minimum absolute atomic E-state index is 0.335. The van der Waals surface area contributed by atoms with Crippen LogP contribution in [0, 0.1) is 5.41 Å². The highest BCUT2D eigenvalue weighted by atomic mass is 32.2. The molecule has 76 valence electrons. The molecule has 2 rings (SSSR count). The zero-order chi connectivity index (χ0) is 9.15. The van der Waals surface area contributed by atoms with Gasteiger partial charge in [-0.25, -0.2) is 0 Å². The summed E-state index contributed by atoms with van der Waals surface area (Å²) in [5, 5.41) is 0. The number of nitrogens with two attached hydrogens (primary N) is 1. The predicted octanol–water partition coefficient (Wildman–Crippen LogP) is 1.64. The Morgan fingerprint density at radius 1 is 1.38 bits per heavy atom. The molecule has 0 aromatic rings. The summed E-state index contributed by atoms with van der Waals surface area (Å²) in [6, 6.07) is 0. The van der Waals surface area contributed by atoms with Crippen molar-refractivity contribution in [2.24, 2.45) is 11.1 Å². The van der Waals surface area contributed by atoms with Gasteiger partial charge in [0.2, 0.25) is 0 Å². The lowest BCUT2D eigenvalue weighted by atomic mass is 9.76. The number of hydrogen-bond acceptors (Lipinski definition) is 3. The van der Waals surface area contributed by atoms with Gasteiger partial charge in [0, 0.05) is 18.6 Å². The van der Waals surface area contributed by atoms with Gasteiger partial charge in [0.15, 0.2) is 0 Å². The van der Waals surface area contributed by atoms with Crippen molar-refractivity contribution in [3.8, 4) is 0 Å². The molecular weight excluding hydrogens is 182 g/mol. The monoisotopic (exact) mass is 201 g/mol. The van der Waals surface area contributed by atoms with Crippen LogP contribution in [0.1, 0.15) is 25.7 Å². The van der Waals surface area contributed by atoms with Crippen molar-refractivity contribution in [2.45, 2.75) is 31.8 Å². The van der Waals surface area contributed by atoms with E-state index in [1.54, 1.807) is 0 Å². The molecule has 0 saturated carbocycles. The fourth-order valence-corrected chi connectivity index (χ4v) is 3.80. The van der Waals surface area contributed by atoms with E-state index >= 15 is 0 Å². The lowest BCUT2D eigenvalue weighted by Gasteiger charge is -2.40. The lowest BCUT2D eigenvalue weighted by Crippen LogP contribution is -2.44. The third-order valence-corrected chi connectivity index (χ3v) is 4.49. The predicted molar refractivity (Wildman–Crippen MR) is 57.0 cm³/mol. The molecule has 2 nitrogen and oxygen atoms in total. The van der Waals surface area contributed by atoms with Crippen LogP contribution < -0.4 is 5.73 Å². The third-order valence-electron chi connectivity index (χ3n) is 3.51. The summed E-state index contributed by atoms with van der Waals surface area (Å²) in [6.45, 7) is 1.78. The van der Waals surface area contributed by atoms with Gasteiger partial charge in [-0.1, -0.05) is 0 Å². The number of thioether (sulfide) groups is 1. The summed E-state index contributed by atoms with van der Waals surface area (Å²) in [5.74, 6) is 2.55. The molecule has 2 aliphatic heterocycles. The molecule has 3 heteroatoms. The Labute approximate surface area is 84.6 Å². The maximum atomic E-state index is 5.93. The zero-order valence-corrected chi connectivity index (χ0v) is 8.94. The Bertz CT molecular complexity index is 162. The minimum Gasteiger partial charge on any atom is -0.378 e. The van der Waals surface area contributed by atoms with Crippen LogP contribution in [0.3, 0.4) is 0 Å².